The highest BCUT2D eigenvalue weighted by Crippen LogP contribution is 2.35. The molecule has 1 aliphatic heterocycles. The first kappa shape index (κ1) is 19.5. The average Bonchev–Trinajstić information content (AvgIpc) is 2.79. The summed E-state index contributed by atoms with van der Waals surface area (Å²) in [5.41, 5.74) is 0. The first-order chi connectivity index (χ1) is 8.59. The number of nitro groups is 1. The number of alkyl halides is 2. The Labute approximate surface area is 131 Å². The molecule has 10 heteroatoms. The van der Waals surface area contributed by atoms with E-state index in [1.807, 2.05) is 0 Å². The molecule has 2 heterocycles. The zero-order valence-corrected chi connectivity index (χ0v) is 12.8. The third-order valence-corrected chi connectivity index (χ3v) is 3.98. The van der Waals surface area contributed by atoms with E-state index in [4.69, 9.17) is 0 Å². The maximum absolute atomic E-state index is 13.2. The van der Waals surface area contributed by atoms with E-state index in [-0.39, 0.29) is 29.8 Å². The van der Waals surface area contributed by atoms with Gasteiger partial charge in [-0.05, 0) is 6.07 Å². The maximum atomic E-state index is 13.2. The normalized spacial score (nSPS) is 17.1. The SMILES string of the molecule is Cl.Cl.O=[N+]([O-])c1ccc([C@@H](C(F)F)N2CCNCC2)s1. The highest BCUT2D eigenvalue weighted by atomic mass is 35.5. The van der Waals surface area contributed by atoms with E-state index in [9.17, 15) is 18.9 Å². The molecule has 1 N–H and O–H groups in total. The van der Waals surface area contributed by atoms with E-state index in [0.29, 0.717) is 31.1 Å². The Morgan fingerprint density at radius 1 is 1.30 bits per heavy atom. The van der Waals surface area contributed by atoms with Crippen molar-refractivity contribution >= 4 is 41.2 Å². The van der Waals surface area contributed by atoms with Crippen molar-refractivity contribution in [2.45, 2.75) is 12.5 Å². The van der Waals surface area contributed by atoms with Gasteiger partial charge >= 0.3 is 5.00 Å². The zero-order valence-electron chi connectivity index (χ0n) is 10.3. The molecule has 1 fully saturated rings. The summed E-state index contributed by atoms with van der Waals surface area (Å²) in [4.78, 5) is 12.1. The van der Waals surface area contributed by atoms with Gasteiger partial charge in [-0.2, -0.15) is 0 Å². The lowest BCUT2D eigenvalue weighted by Gasteiger charge is -2.33. The number of nitrogens with zero attached hydrogens (tertiary/aromatic N) is 2. The topological polar surface area (TPSA) is 58.4 Å². The minimum Gasteiger partial charge on any atom is -0.314 e. The third kappa shape index (κ3) is 4.49. The quantitative estimate of drug-likeness (QED) is 0.670. The Hall–Kier alpha value is -0.540. The molecule has 1 saturated heterocycles. The van der Waals surface area contributed by atoms with Gasteiger partial charge in [0, 0.05) is 37.1 Å². The largest absolute Gasteiger partial charge is 0.324 e. The fraction of sp³-hybridized carbons (Fsp3) is 0.600. The highest BCUT2D eigenvalue weighted by molar-refractivity contribution is 7.15. The van der Waals surface area contributed by atoms with Gasteiger partial charge in [-0.3, -0.25) is 15.0 Å². The molecule has 0 aromatic carbocycles. The van der Waals surface area contributed by atoms with E-state index in [0.717, 1.165) is 11.3 Å². The summed E-state index contributed by atoms with van der Waals surface area (Å²) in [6, 6.07) is 1.69. The number of rotatable bonds is 4. The second-order valence-electron chi connectivity index (χ2n) is 4.00. The zero-order chi connectivity index (χ0) is 13.1. The van der Waals surface area contributed by atoms with Gasteiger partial charge in [0.25, 0.3) is 6.43 Å². The van der Waals surface area contributed by atoms with Crippen molar-refractivity contribution in [3.8, 4) is 0 Å². The van der Waals surface area contributed by atoms with Crippen molar-refractivity contribution in [2.75, 3.05) is 26.2 Å². The summed E-state index contributed by atoms with van der Waals surface area (Å²) in [6.07, 6.45) is -2.54. The molecular formula is C10H15Cl2F2N3O2S. The Kier molecular flexibility index (Phi) is 8.45. The molecule has 0 unspecified atom stereocenters. The average molecular weight is 350 g/mol. The lowest BCUT2D eigenvalue weighted by Crippen LogP contribution is -2.46. The number of halogens is 4. The van der Waals surface area contributed by atoms with Gasteiger partial charge in [-0.1, -0.05) is 11.3 Å². The molecule has 116 valence electrons. The van der Waals surface area contributed by atoms with Crippen molar-refractivity contribution in [3.05, 3.63) is 27.1 Å². The molecule has 0 amide bonds. The number of hydrogen-bond acceptors (Lipinski definition) is 5. The summed E-state index contributed by atoms with van der Waals surface area (Å²) in [5.74, 6) is 0. The molecule has 1 atom stereocenters. The molecule has 0 aliphatic carbocycles. The molecule has 0 saturated carbocycles. The van der Waals surface area contributed by atoms with Crippen LogP contribution in [0.2, 0.25) is 0 Å². The smallest absolute Gasteiger partial charge is 0.314 e. The predicted octanol–water partition coefficient (Wildman–Crippen LogP) is 2.71. The Balaban J connectivity index is 0.00000180. The Morgan fingerprint density at radius 3 is 2.35 bits per heavy atom. The van der Waals surface area contributed by atoms with Gasteiger partial charge in [0.05, 0.1) is 4.92 Å². The van der Waals surface area contributed by atoms with Crippen molar-refractivity contribution in [1.82, 2.24) is 10.2 Å². The molecule has 1 aromatic rings. The summed E-state index contributed by atoms with van der Waals surface area (Å²) < 4.78 is 26.3. The minimum atomic E-state index is -2.54. The number of nitrogens with one attached hydrogen (secondary N) is 1. The van der Waals surface area contributed by atoms with Gasteiger partial charge in [0.1, 0.15) is 6.04 Å². The van der Waals surface area contributed by atoms with Gasteiger partial charge in [0.2, 0.25) is 0 Å². The molecular weight excluding hydrogens is 335 g/mol. The molecule has 2 rings (SSSR count). The van der Waals surface area contributed by atoms with Gasteiger partial charge in [0.15, 0.2) is 0 Å². The van der Waals surface area contributed by atoms with E-state index in [1.165, 1.54) is 12.1 Å². The van der Waals surface area contributed by atoms with Crippen molar-refractivity contribution in [2.24, 2.45) is 0 Å². The fourth-order valence-electron chi connectivity index (χ4n) is 2.02. The molecule has 0 radical (unpaired) electrons. The predicted molar refractivity (Wildman–Crippen MR) is 78.7 cm³/mol. The summed E-state index contributed by atoms with van der Waals surface area (Å²) in [6.45, 7) is 2.38. The summed E-state index contributed by atoms with van der Waals surface area (Å²) >= 11 is 0.830. The lowest BCUT2D eigenvalue weighted by atomic mass is 10.2. The van der Waals surface area contributed by atoms with Gasteiger partial charge in [-0.25, -0.2) is 8.78 Å². The number of piperazine rings is 1. The standard InChI is InChI=1S/C10H13F2N3O2S.2ClH/c11-10(12)9(14-5-3-13-4-6-14)7-1-2-8(18-7)15(16)17;;/h1-2,9-10,13H,3-6H2;2*1H/t9-;;/m0../s1. The van der Waals surface area contributed by atoms with Crippen LogP contribution in [0.3, 0.4) is 0 Å². The van der Waals surface area contributed by atoms with Crippen molar-refractivity contribution < 1.29 is 13.7 Å². The van der Waals surface area contributed by atoms with Crippen LogP contribution in [0, 0.1) is 10.1 Å². The Bertz CT molecular complexity index is 430. The minimum absolute atomic E-state index is 0. The van der Waals surface area contributed by atoms with Crippen LogP contribution < -0.4 is 5.32 Å². The first-order valence-electron chi connectivity index (χ1n) is 5.56. The molecule has 0 spiro atoms. The lowest BCUT2D eigenvalue weighted by molar-refractivity contribution is -0.380. The van der Waals surface area contributed by atoms with Crippen LogP contribution in [0.1, 0.15) is 10.9 Å². The van der Waals surface area contributed by atoms with Crippen LogP contribution in [-0.4, -0.2) is 42.4 Å². The summed E-state index contributed by atoms with van der Waals surface area (Å²) in [5, 5.41) is 13.6. The molecule has 5 nitrogen and oxygen atoms in total. The second kappa shape index (κ2) is 8.68. The second-order valence-corrected chi connectivity index (χ2v) is 5.09. The first-order valence-corrected chi connectivity index (χ1v) is 6.38. The van der Waals surface area contributed by atoms with E-state index < -0.39 is 17.4 Å². The van der Waals surface area contributed by atoms with Crippen LogP contribution in [-0.2, 0) is 0 Å². The van der Waals surface area contributed by atoms with Crippen LogP contribution in [0.4, 0.5) is 13.8 Å². The van der Waals surface area contributed by atoms with E-state index >= 15 is 0 Å². The van der Waals surface area contributed by atoms with Crippen LogP contribution >= 0.6 is 36.2 Å². The fourth-order valence-corrected chi connectivity index (χ4v) is 2.98. The van der Waals surface area contributed by atoms with Gasteiger partial charge < -0.3 is 5.32 Å². The van der Waals surface area contributed by atoms with Crippen LogP contribution in [0.15, 0.2) is 12.1 Å². The van der Waals surface area contributed by atoms with Crippen LogP contribution in [0.5, 0.6) is 0 Å². The van der Waals surface area contributed by atoms with Crippen molar-refractivity contribution in [1.29, 1.82) is 0 Å². The summed E-state index contributed by atoms with van der Waals surface area (Å²) in [7, 11) is 0. The Morgan fingerprint density at radius 2 is 1.90 bits per heavy atom. The maximum Gasteiger partial charge on any atom is 0.324 e. The molecule has 0 bridgehead atoms. The third-order valence-electron chi connectivity index (χ3n) is 2.87. The van der Waals surface area contributed by atoms with E-state index in [1.54, 1.807) is 4.90 Å². The number of thiophene rings is 1. The van der Waals surface area contributed by atoms with Gasteiger partial charge in [-0.15, -0.1) is 24.8 Å². The molecule has 1 aromatic heterocycles. The number of hydrogen-bond donors (Lipinski definition) is 1. The highest BCUT2D eigenvalue weighted by Gasteiger charge is 2.32. The monoisotopic (exact) mass is 349 g/mol. The van der Waals surface area contributed by atoms with E-state index in [2.05, 4.69) is 5.32 Å². The van der Waals surface area contributed by atoms with Crippen molar-refractivity contribution in [3.63, 3.8) is 0 Å². The van der Waals surface area contributed by atoms with Crippen LogP contribution in [0.25, 0.3) is 0 Å². The molecule has 1 aliphatic rings. The molecule has 20 heavy (non-hydrogen) atoms.